The first-order valence-electron chi connectivity index (χ1n) is 11.9. The zero-order chi connectivity index (χ0) is 26.3. The minimum atomic E-state index is -4.05. The molecule has 1 atom stereocenters. The number of nitrogens with zero attached hydrogens (tertiary/aromatic N) is 2. The van der Waals surface area contributed by atoms with Crippen molar-refractivity contribution in [2.75, 3.05) is 17.4 Å². The number of hydrogen-bond donors (Lipinski definition) is 1. The molecule has 2 amide bonds. The van der Waals surface area contributed by atoms with Crippen molar-refractivity contribution in [1.29, 1.82) is 0 Å². The lowest BCUT2D eigenvalue weighted by Crippen LogP contribution is -2.51. The molecule has 3 aromatic rings. The van der Waals surface area contributed by atoms with Gasteiger partial charge in [0, 0.05) is 13.1 Å². The molecule has 0 radical (unpaired) electrons. The summed E-state index contributed by atoms with van der Waals surface area (Å²) in [7, 11) is -4.05. The van der Waals surface area contributed by atoms with E-state index in [-0.39, 0.29) is 17.3 Å². The molecule has 190 valence electrons. The van der Waals surface area contributed by atoms with E-state index in [0.29, 0.717) is 12.2 Å². The van der Waals surface area contributed by atoms with Gasteiger partial charge in [0.05, 0.1) is 10.6 Å². The quantitative estimate of drug-likeness (QED) is 0.449. The predicted octanol–water partition coefficient (Wildman–Crippen LogP) is 4.05. The van der Waals surface area contributed by atoms with Crippen LogP contribution in [-0.4, -0.2) is 44.3 Å². The van der Waals surface area contributed by atoms with Gasteiger partial charge in [0.1, 0.15) is 12.6 Å². The molecule has 0 saturated carbocycles. The van der Waals surface area contributed by atoms with E-state index in [1.165, 1.54) is 17.0 Å². The molecular weight excluding hydrogens is 474 g/mol. The van der Waals surface area contributed by atoms with Crippen LogP contribution in [0.25, 0.3) is 0 Å². The number of carbonyl (C=O) groups is 2. The molecule has 0 aliphatic rings. The van der Waals surface area contributed by atoms with Gasteiger partial charge < -0.3 is 10.2 Å². The second kappa shape index (κ2) is 11.9. The molecule has 0 aromatic heterocycles. The van der Waals surface area contributed by atoms with Gasteiger partial charge in [0.2, 0.25) is 11.8 Å². The Labute approximate surface area is 213 Å². The third-order valence-electron chi connectivity index (χ3n) is 5.85. The van der Waals surface area contributed by atoms with Crippen molar-refractivity contribution in [2.45, 2.75) is 45.2 Å². The molecule has 36 heavy (non-hydrogen) atoms. The summed E-state index contributed by atoms with van der Waals surface area (Å²) in [5.74, 6) is -0.775. The fourth-order valence-corrected chi connectivity index (χ4v) is 5.37. The average Bonchev–Trinajstić information content (AvgIpc) is 2.86. The summed E-state index contributed by atoms with van der Waals surface area (Å²) >= 11 is 0. The van der Waals surface area contributed by atoms with E-state index in [1.54, 1.807) is 43.3 Å². The normalized spacial score (nSPS) is 12.0. The molecule has 3 rings (SSSR count). The van der Waals surface area contributed by atoms with E-state index >= 15 is 0 Å². The van der Waals surface area contributed by atoms with E-state index in [0.717, 1.165) is 21.0 Å². The van der Waals surface area contributed by atoms with Crippen LogP contribution >= 0.6 is 0 Å². The van der Waals surface area contributed by atoms with Crippen LogP contribution in [0.1, 0.15) is 30.5 Å². The van der Waals surface area contributed by atoms with Crippen LogP contribution in [0.3, 0.4) is 0 Å². The van der Waals surface area contributed by atoms with Crippen molar-refractivity contribution in [3.8, 4) is 0 Å². The van der Waals surface area contributed by atoms with Crippen molar-refractivity contribution >= 4 is 27.5 Å². The summed E-state index contributed by atoms with van der Waals surface area (Å²) in [5.41, 5.74) is 3.13. The lowest BCUT2D eigenvalue weighted by atomic mass is 10.1. The van der Waals surface area contributed by atoms with Gasteiger partial charge in [0.15, 0.2) is 0 Å². The highest BCUT2D eigenvalue weighted by Gasteiger charge is 2.32. The molecule has 0 heterocycles. The van der Waals surface area contributed by atoms with Crippen LogP contribution in [0.15, 0.2) is 83.8 Å². The Bertz CT molecular complexity index is 1310. The molecule has 1 unspecified atom stereocenters. The summed E-state index contributed by atoms with van der Waals surface area (Å²) in [4.78, 5) is 28.0. The number of rotatable bonds is 10. The average molecular weight is 508 g/mol. The second-order valence-electron chi connectivity index (χ2n) is 8.74. The molecule has 0 saturated heterocycles. The lowest BCUT2D eigenvalue weighted by Gasteiger charge is -2.32. The molecule has 0 aliphatic carbocycles. The molecular formula is C28H33N3O4S. The number of aryl methyl sites for hydroxylation is 2. The summed E-state index contributed by atoms with van der Waals surface area (Å²) in [6, 6.07) is 21.9. The largest absolute Gasteiger partial charge is 0.355 e. The number of hydrogen-bond acceptors (Lipinski definition) is 4. The van der Waals surface area contributed by atoms with Crippen LogP contribution in [0, 0.1) is 13.8 Å². The number of amides is 2. The molecule has 3 aromatic carbocycles. The highest BCUT2D eigenvalue weighted by Crippen LogP contribution is 2.25. The molecule has 0 bridgehead atoms. The van der Waals surface area contributed by atoms with Gasteiger partial charge in [-0.3, -0.25) is 13.9 Å². The Morgan fingerprint density at radius 2 is 1.53 bits per heavy atom. The van der Waals surface area contributed by atoms with Gasteiger partial charge in [0.25, 0.3) is 10.0 Å². The van der Waals surface area contributed by atoms with Gasteiger partial charge in [-0.2, -0.15) is 0 Å². The van der Waals surface area contributed by atoms with Crippen LogP contribution in [0.5, 0.6) is 0 Å². The van der Waals surface area contributed by atoms with E-state index in [1.807, 2.05) is 51.1 Å². The van der Waals surface area contributed by atoms with Crippen LogP contribution in [0.2, 0.25) is 0 Å². The number of anilines is 1. The van der Waals surface area contributed by atoms with Crippen molar-refractivity contribution in [3.63, 3.8) is 0 Å². The van der Waals surface area contributed by atoms with Crippen LogP contribution in [0.4, 0.5) is 5.69 Å². The highest BCUT2D eigenvalue weighted by molar-refractivity contribution is 7.92. The highest BCUT2D eigenvalue weighted by atomic mass is 32.2. The second-order valence-corrected chi connectivity index (χ2v) is 10.6. The fourth-order valence-electron chi connectivity index (χ4n) is 3.94. The summed E-state index contributed by atoms with van der Waals surface area (Å²) < 4.78 is 28.5. The zero-order valence-electron chi connectivity index (χ0n) is 21.1. The van der Waals surface area contributed by atoms with Gasteiger partial charge in [-0.1, -0.05) is 60.2 Å². The van der Waals surface area contributed by atoms with E-state index in [2.05, 4.69) is 5.32 Å². The zero-order valence-corrected chi connectivity index (χ0v) is 22.0. The molecule has 7 nitrogen and oxygen atoms in total. The molecule has 0 aliphatic heterocycles. The third kappa shape index (κ3) is 6.51. The fraction of sp³-hybridized carbons (Fsp3) is 0.286. The molecule has 1 N–H and O–H groups in total. The van der Waals surface area contributed by atoms with Gasteiger partial charge >= 0.3 is 0 Å². The molecule has 0 spiro atoms. The Kier molecular flexibility index (Phi) is 8.88. The first-order valence-corrected chi connectivity index (χ1v) is 13.3. The minimum absolute atomic E-state index is 0.0846. The maximum Gasteiger partial charge on any atom is 0.264 e. The summed E-state index contributed by atoms with van der Waals surface area (Å²) in [6.45, 7) is 7.43. The van der Waals surface area contributed by atoms with Crippen molar-refractivity contribution < 1.29 is 18.0 Å². The predicted molar refractivity (Wildman–Crippen MR) is 142 cm³/mol. The maximum absolute atomic E-state index is 13.8. The maximum atomic E-state index is 13.8. The first-order chi connectivity index (χ1) is 17.1. The molecule has 8 heteroatoms. The number of sulfonamides is 1. The topological polar surface area (TPSA) is 86.8 Å². The first kappa shape index (κ1) is 26.9. The standard InChI is InChI=1S/C28H33N3O4S/c1-5-29-28(33)23(4)30(19-24-13-9-11-21(2)17-24)27(32)20-31(25-14-10-12-22(3)18-25)36(34,35)26-15-7-6-8-16-26/h6-18,23H,5,19-20H2,1-4H3,(H,29,33). The summed E-state index contributed by atoms with van der Waals surface area (Å²) in [5, 5.41) is 2.76. The smallest absolute Gasteiger partial charge is 0.264 e. The van der Waals surface area contributed by atoms with Gasteiger partial charge in [-0.15, -0.1) is 0 Å². The molecule has 0 fully saturated rings. The Morgan fingerprint density at radius 1 is 0.889 bits per heavy atom. The van der Waals surface area contributed by atoms with Gasteiger partial charge in [-0.25, -0.2) is 8.42 Å². The van der Waals surface area contributed by atoms with Crippen molar-refractivity contribution in [1.82, 2.24) is 10.2 Å². The van der Waals surface area contributed by atoms with Crippen molar-refractivity contribution in [3.05, 3.63) is 95.6 Å². The van der Waals surface area contributed by atoms with E-state index in [4.69, 9.17) is 0 Å². The minimum Gasteiger partial charge on any atom is -0.355 e. The van der Waals surface area contributed by atoms with E-state index in [9.17, 15) is 18.0 Å². The third-order valence-corrected chi connectivity index (χ3v) is 7.64. The van der Waals surface area contributed by atoms with Gasteiger partial charge in [-0.05, 0) is 63.1 Å². The number of carbonyl (C=O) groups excluding carboxylic acids is 2. The summed E-state index contributed by atoms with van der Waals surface area (Å²) in [6.07, 6.45) is 0. The SMILES string of the molecule is CCNC(=O)C(C)N(Cc1cccc(C)c1)C(=O)CN(c1cccc(C)c1)S(=O)(=O)c1ccccc1. The monoisotopic (exact) mass is 507 g/mol. The number of likely N-dealkylation sites (N-methyl/N-ethyl adjacent to an activating group) is 1. The van der Waals surface area contributed by atoms with Crippen LogP contribution < -0.4 is 9.62 Å². The number of nitrogens with one attached hydrogen (secondary N) is 1. The van der Waals surface area contributed by atoms with E-state index < -0.39 is 28.5 Å². The number of benzene rings is 3. The Hall–Kier alpha value is -3.65. The van der Waals surface area contributed by atoms with Crippen LogP contribution in [-0.2, 0) is 26.2 Å². The lowest BCUT2D eigenvalue weighted by molar-refractivity contribution is -0.139. The Morgan fingerprint density at radius 3 is 2.14 bits per heavy atom. The Balaban J connectivity index is 2.02. The van der Waals surface area contributed by atoms with Crippen molar-refractivity contribution in [2.24, 2.45) is 0 Å².